The fourth-order valence-electron chi connectivity index (χ4n) is 5.82. The molecule has 0 aromatic carbocycles. The van der Waals surface area contributed by atoms with Crippen molar-refractivity contribution in [2.24, 2.45) is 0 Å². The van der Waals surface area contributed by atoms with Crippen LogP contribution in [0.2, 0.25) is 0 Å². The molecule has 0 amide bonds. The molecule has 5 N–H and O–H groups in total. The zero-order chi connectivity index (χ0) is 33.5. The summed E-state index contributed by atoms with van der Waals surface area (Å²) >= 11 is 0. The van der Waals surface area contributed by atoms with E-state index in [1.807, 2.05) is 0 Å². The van der Waals surface area contributed by atoms with E-state index in [1.54, 1.807) is 0 Å². The SMILES string of the molecule is [B-][P@@]1(=O)OCC2(C)OC(n3cnc4c(N)ncnc43)C(F)C2O[P@]([B-])(=O)OCC2OC(n3cnc4c(=O)[nH]c(N)nc43)C(O1)C2OC. The van der Waals surface area contributed by atoms with Gasteiger partial charge in [-0.05, 0) is 6.92 Å². The largest absolute Gasteiger partial charge is 0.444 e. The molecule has 10 atom stereocenters. The topological polar surface area (TPSA) is 258 Å². The lowest BCUT2D eigenvalue weighted by Gasteiger charge is -2.39. The number of aromatic nitrogens is 8. The molecule has 20 nitrogen and oxygen atoms in total. The van der Waals surface area contributed by atoms with Crippen LogP contribution in [0, 0.1) is 0 Å². The Morgan fingerprint density at radius 1 is 1.04 bits per heavy atom. The molecule has 7 rings (SSSR count). The van der Waals surface area contributed by atoms with Crippen LogP contribution in [-0.2, 0) is 41.4 Å². The van der Waals surface area contributed by atoms with Crippen LogP contribution in [0.5, 0.6) is 0 Å². The van der Waals surface area contributed by atoms with Gasteiger partial charge in [0.15, 0.2) is 41.3 Å². The van der Waals surface area contributed by atoms with Gasteiger partial charge in [0, 0.05) is 7.11 Å². The van der Waals surface area contributed by atoms with Crippen molar-refractivity contribution in [2.45, 2.75) is 55.6 Å². The number of imidazole rings is 2. The third-order valence-corrected chi connectivity index (χ3v) is 10.0. The third-order valence-electron chi connectivity index (χ3n) is 7.98. The summed E-state index contributed by atoms with van der Waals surface area (Å²) in [6.45, 7) is 0.0503. The standard InChI is InChI=1S/C22H25B2FN10O10P2/c1-22-4-41-47(24,38)44-13-12(39-2)8(42-20(13)35-7-31-11-17(35)32-21(27)33-18(11)36)3-40-46(23,37)45-14(22)9(25)19(43-22)34-6-30-10-15(26)28-5-29-16(10)34/h5-9,12-14,19-20H,3-4H2,1-2H3,(H2,26,28,29)(H3,27,32,33,36)/q-2/t8?,9?,12?,13?,14?,19?,20?,22?,46-,47-/m1/s1. The number of H-pyrrole nitrogens is 1. The first kappa shape index (κ1) is 32.3. The zero-order valence-corrected chi connectivity index (χ0v) is 26.3. The molecule has 3 fully saturated rings. The van der Waals surface area contributed by atoms with Gasteiger partial charge in [-0.1, -0.05) is 0 Å². The van der Waals surface area contributed by atoms with Gasteiger partial charge >= 0.3 is 0 Å². The zero-order valence-electron chi connectivity index (χ0n) is 24.5. The van der Waals surface area contributed by atoms with Gasteiger partial charge in [0.2, 0.25) is 5.95 Å². The van der Waals surface area contributed by atoms with Gasteiger partial charge in [0.1, 0.15) is 41.9 Å². The molecule has 3 aliphatic rings. The number of nitrogen functional groups attached to an aromatic ring is 2. The van der Waals surface area contributed by atoms with Crippen molar-refractivity contribution in [3.63, 3.8) is 0 Å². The van der Waals surface area contributed by atoms with E-state index in [2.05, 4.69) is 29.9 Å². The summed E-state index contributed by atoms with van der Waals surface area (Å²) in [6.07, 6.45) is -6.63. The van der Waals surface area contributed by atoms with E-state index in [4.69, 9.17) is 58.9 Å². The highest BCUT2D eigenvalue weighted by molar-refractivity contribution is 7.79. The molecule has 248 valence electrons. The van der Waals surface area contributed by atoms with E-state index < -0.39 is 82.4 Å². The summed E-state index contributed by atoms with van der Waals surface area (Å²) in [5.41, 5.74) is 9.31. The van der Waals surface area contributed by atoms with E-state index in [9.17, 15) is 13.9 Å². The molecule has 4 aromatic rings. The second-order valence-electron chi connectivity index (χ2n) is 11.1. The maximum Gasteiger partial charge on any atom is 0.280 e. The number of nitrogens with zero attached hydrogens (tertiary/aromatic N) is 7. The van der Waals surface area contributed by atoms with Crippen LogP contribution >= 0.6 is 14.9 Å². The summed E-state index contributed by atoms with van der Waals surface area (Å²) in [7, 11) is 4.10. The number of ether oxygens (including phenoxy) is 3. The molecule has 3 saturated heterocycles. The van der Waals surface area contributed by atoms with Crippen molar-refractivity contribution < 1.29 is 45.8 Å². The molecule has 8 unspecified atom stereocenters. The first-order valence-electron chi connectivity index (χ1n) is 13.8. The Balaban J connectivity index is 1.24. The number of alkyl halides is 1. The van der Waals surface area contributed by atoms with Crippen molar-refractivity contribution in [1.82, 2.24) is 39.0 Å². The molecule has 0 spiro atoms. The van der Waals surface area contributed by atoms with Crippen LogP contribution in [0.3, 0.4) is 0 Å². The quantitative estimate of drug-likeness (QED) is 0.189. The maximum atomic E-state index is 16.3. The number of hydrogen-bond acceptors (Lipinski definition) is 17. The Hall–Kier alpha value is -3.26. The lowest BCUT2D eigenvalue weighted by molar-refractivity contribution is -0.110. The van der Waals surface area contributed by atoms with E-state index in [1.165, 1.54) is 35.8 Å². The summed E-state index contributed by atoms with van der Waals surface area (Å²) < 4.78 is 86.2. The monoisotopic (exact) mass is 692 g/mol. The van der Waals surface area contributed by atoms with E-state index in [0.717, 1.165) is 6.33 Å². The molecular formula is C22H25B2FN10O10P2-2. The lowest BCUT2D eigenvalue weighted by atomic mass is 9.99. The highest BCUT2D eigenvalue weighted by Crippen LogP contribution is 2.56. The Kier molecular flexibility index (Phi) is 7.85. The second kappa shape index (κ2) is 11.4. The fraction of sp³-hybridized carbons (Fsp3) is 0.545. The lowest BCUT2D eigenvalue weighted by Crippen LogP contribution is -2.44. The molecule has 4 aromatic heterocycles. The molecule has 25 heteroatoms. The summed E-state index contributed by atoms with van der Waals surface area (Å²) in [6, 6.07) is 0. The van der Waals surface area contributed by atoms with Crippen LogP contribution in [-0.4, -0.2) is 111 Å². The van der Waals surface area contributed by atoms with Gasteiger partial charge in [-0.3, -0.25) is 18.9 Å². The first-order chi connectivity index (χ1) is 22.2. The number of nitrogens with two attached hydrogens (primary N) is 2. The summed E-state index contributed by atoms with van der Waals surface area (Å²) in [5, 5.41) is 0. The predicted molar refractivity (Wildman–Crippen MR) is 159 cm³/mol. The average Bonchev–Trinajstić information content (AvgIpc) is 3.75. The number of fused-ring (bicyclic) bond motifs is 5. The normalized spacial score (nSPS) is 38.2. The van der Waals surface area contributed by atoms with Gasteiger partial charge in [-0.2, -0.15) is 4.98 Å². The number of anilines is 2. The molecule has 0 saturated carbocycles. The van der Waals surface area contributed by atoms with Gasteiger partial charge in [-0.25, -0.2) is 24.3 Å². The van der Waals surface area contributed by atoms with Crippen molar-refractivity contribution in [1.29, 1.82) is 0 Å². The number of halogens is 1. The molecule has 7 heterocycles. The number of rotatable bonds is 3. The van der Waals surface area contributed by atoms with Gasteiger partial charge < -0.3 is 68.0 Å². The van der Waals surface area contributed by atoms with E-state index in [-0.39, 0.29) is 34.1 Å². The Morgan fingerprint density at radius 2 is 1.74 bits per heavy atom. The number of methoxy groups -OCH3 is 1. The van der Waals surface area contributed by atoms with Crippen molar-refractivity contribution in [2.75, 3.05) is 31.8 Å². The minimum Gasteiger partial charge on any atom is -0.444 e. The Labute approximate surface area is 265 Å². The molecule has 2 bridgehead atoms. The summed E-state index contributed by atoms with van der Waals surface area (Å²) in [5.74, 6) is -0.182. The molecular weight excluding hydrogens is 667 g/mol. The van der Waals surface area contributed by atoms with Gasteiger partial charge in [-0.15, -0.1) is 0 Å². The Morgan fingerprint density at radius 3 is 2.49 bits per heavy atom. The average molecular weight is 692 g/mol. The maximum absolute atomic E-state index is 16.3. The molecule has 47 heavy (non-hydrogen) atoms. The fourth-order valence-corrected chi connectivity index (χ4v) is 7.96. The molecule has 0 aliphatic carbocycles. The van der Waals surface area contributed by atoms with Crippen LogP contribution in [0.25, 0.3) is 22.3 Å². The molecule has 6 radical (unpaired) electrons. The van der Waals surface area contributed by atoms with E-state index in [0.29, 0.717) is 0 Å². The first-order valence-corrected chi connectivity index (χ1v) is 17.0. The highest BCUT2D eigenvalue weighted by Gasteiger charge is 2.57. The van der Waals surface area contributed by atoms with Crippen LogP contribution in [0.4, 0.5) is 16.2 Å². The summed E-state index contributed by atoms with van der Waals surface area (Å²) in [4.78, 5) is 35.0. The smallest absolute Gasteiger partial charge is 0.280 e. The minimum absolute atomic E-state index is 0.0169. The molecule has 3 aliphatic heterocycles. The number of aromatic amines is 1. The Bertz CT molecular complexity index is 2020. The third kappa shape index (κ3) is 5.58. The van der Waals surface area contributed by atoms with Gasteiger partial charge in [0.25, 0.3) is 5.56 Å². The number of hydrogen-bond donors (Lipinski definition) is 3. The second-order valence-corrected chi connectivity index (χ2v) is 14.2. The minimum atomic E-state index is -4.61. The van der Waals surface area contributed by atoms with E-state index >= 15 is 4.39 Å². The number of nitrogens with one attached hydrogen (secondary N) is 1. The van der Waals surface area contributed by atoms with Crippen molar-refractivity contribution >= 4 is 64.2 Å². The van der Waals surface area contributed by atoms with Crippen molar-refractivity contribution in [3.8, 4) is 0 Å². The highest BCUT2D eigenvalue weighted by atomic mass is 31.2. The van der Waals surface area contributed by atoms with Crippen LogP contribution in [0.15, 0.2) is 23.8 Å². The van der Waals surface area contributed by atoms with Gasteiger partial charge in [0.05, 0.1) is 40.8 Å². The predicted octanol–water partition coefficient (Wildman–Crippen LogP) is 0.0323. The van der Waals surface area contributed by atoms with Crippen LogP contribution in [0.1, 0.15) is 19.4 Å². The van der Waals surface area contributed by atoms with Crippen molar-refractivity contribution in [3.05, 3.63) is 29.3 Å². The van der Waals surface area contributed by atoms with Crippen LogP contribution < -0.4 is 17.0 Å².